The molecule has 26 heavy (non-hydrogen) atoms. The number of halogens is 2. The Kier molecular flexibility index (Phi) is 9.11. The molecule has 0 radical (unpaired) electrons. The number of ether oxygens (including phenoxy) is 1. The van der Waals surface area contributed by atoms with E-state index in [4.69, 9.17) is 27.8 Å². The number of carbonyl (C=O) groups is 4. The third-order valence-corrected chi connectivity index (χ3v) is 4.29. The summed E-state index contributed by atoms with van der Waals surface area (Å²) in [4.78, 5) is 46.1. The number of alkyl halides is 2. The SMILES string of the molecule is NC(=O)CCN(NC(=O)C(CC1CCCCC1)OC(N)=O)C(=O)C(F)Cl. The molecule has 9 nitrogen and oxygen atoms in total. The van der Waals surface area contributed by atoms with Gasteiger partial charge in [-0.05, 0) is 12.3 Å². The highest BCUT2D eigenvalue weighted by atomic mass is 35.5. The Morgan fingerprint density at radius 1 is 1.19 bits per heavy atom. The van der Waals surface area contributed by atoms with Crippen molar-refractivity contribution < 1.29 is 28.3 Å². The Bertz CT molecular complexity index is 528. The van der Waals surface area contributed by atoms with Crippen molar-refractivity contribution in [2.24, 2.45) is 17.4 Å². The normalized spacial score (nSPS) is 17.0. The third-order valence-electron chi connectivity index (χ3n) is 4.10. The highest BCUT2D eigenvalue weighted by Crippen LogP contribution is 2.28. The molecule has 4 amide bonds. The summed E-state index contributed by atoms with van der Waals surface area (Å²) in [5.74, 6) is -2.72. The lowest BCUT2D eigenvalue weighted by Gasteiger charge is -2.28. The van der Waals surface area contributed by atoms with Crippen LogP contribution in [-0.4, -0.2) is 47.1 Å². The number of nitrogens with zero attached hydrogens (tertiary/aromatic N) is 1. The van der Waals surface area contributed by atoms with Gasteiger partial charge in [-0.25, -0.2) is 14.2 Å². The van der Waals surface area contributed by atoms with E-state index in [0.29, 0.717) is 5.01 Å². The largest absolute Gasteiger partial charge is 0.436 e. The summed E-state index contributed by atoms with van der Waals surface area (Å²) in [6.07, 6.45) is 2.40. The maximum absolute atomic E-state index is 13.1. The van der Waals surface area contributed by atoms with Crippen LogP contribution in [0.2, 0.25) is 0 Å². The molecule has 1 rings (SSSR count). The van der Waals surface area contributed by atoms with Gasteiger partial charge in [-0.1, -0.05) is 43.7 Å². The monoisotopic (exact) mass is 394 g/mol. The molecule has 5 N–H and O–H groups in total. The second kappa shape index (κ2) is 10.8. The second-order valence-corrected chi connectivity index (χ2v) is 6.53. The number of nitrogens with two attached hydrogens (primary N) is 2. The molecule has 1 aliphatic rings. The minimum Gasteiger partial charge on any atom is -0.436 e. The Morgan fingerprint density at radius 3 is 2.31 bits per heavy atom. The first-order valence-corrected chi connectivity index (χ1v) is 8.78. The van der Waals surface area contributed by atoms with Gasteiger partial charge in [0.15, 0.2) is 6.10 Å². The summed E-state index contributed by atoms with van der Waals surface area (Å²) in [7, 11) is 0. The summed E-state index contributed by atoms with van der Waals surface area (Å²) < 4.78 is 18.0. The first-order chi connectivity index (χ1) is 12.2. The van der Waals surface area contributed by atoms with Gasteiger partial charge in [-0.15, -0.1) is 0 Å². The van der Waals surface area contributed by atoms with Crippen molar-refractivity contribution in [2.75, 3.05) is 6.54 Å². The average Bonchev–Trinajstić information content (AvgIpc) is 2.57. The summed E-state index contributed by atoms with van der Waals surface area (Å²) >= 11 is 5.11. The van der Waals surface area contributed by atoms with E-state index in [-0.39, 0.29) is 25.3 Å². The quantitative estimate of drug-likeness (QED) is 0.409. The summed E-state index contributed by atoms with van der Waals surface area (Å²) in [5.41, 5.74) is 9.71. The zero-order valence-corrected chi connectivity index (χ0v) is 15.0. The van der Waals surface area contributed by atoms with Crippen molar-refractivity contribution in [1.82, 2.24) is 10.4 Å². The van der Waals surface area contributed by atoms with Crippen LogP contribution >= 0.6 is 11.6 Å². The molecule has 0 saturated heterocycles. The van der Waals surface area contributed by atoms with Crippen LogP contribution in [0.3, 0.4) is 0 Å². The maximum Gasteiger partial charge on any atom is 0.405 e. The van der Waals surface area contributed by atoms with Crippen molar-refractivity contribution >= 4 is 35.4 Å². The number of hydrogen-bond donors (Lipinski definition) is 3. The lowest BCUT2D eigenvalue weighted by Crippen LogP contribution is -2.53. The zero-order valence-electron chi connectivity index (χ0n) is 14.3. The van der Waals surface area contributed by atoms with Crippen molar-refractivity contribution in [3.05, 3.63) is 0 Å². The first-order valence-electron chi connectivity index (χ1n) is 8.35. The van der Waals surface area contributed by atoms with Crippen molar-refractivity contribution in [3.63, 3.8) is 0 Å². The van der Waals surface area contributed by atoms with E-state index in [1.54, 1.807) is 0 Å². The molecule has 0 aromatic carbocycles. The lowest BCUT2D eigenvalue weighted by molar-refractivity contribution is -0.147. The van der Waals surface area contributed by atoms with E-state index in [1.807, 2.05) is 0 Å². The Morgan fingerprint density at radius 2 is 1.81 bits per heavy atom. The molecule has 148 valence electrons. The fourth-order valence-corrected chi connectivity index (χ4v) is 2.96. The highest BCUT2D eigenvalue weighted by Gasteiger charge is 2.31. The van der Waals surface area contributed by atoms with Gasteiger partial charge in [0.2, 0.25) is 5.91 Å². The van der Waals surface area contributed by atoms with E-state index in [2.05, 4.69) is 5.43 Å². The zero-order chi connectivity index (χ0) is 19.7. The van der Waals surface area contributed by atoms with Crippen LogP contribution in [0.4, 0.5) is 9.18 Å². The standard InChI is InChI=1S/C15H24ClFN4O5/c16-12(17)14(24)21(7-6-11(18)22)20-13(23)10(26-15(19)25)8-9-4-2-1-3-5-9/h9-10,12H,1-8H2,(H2,18,22)(H2,19,25)(H,20,23). The molecular formula is C15H24ClFN4O5. The lowest BCUT2D eigenvalue weighted by atomic mass is 9.85. The molecule has 0 aromatic rings. The van der Waals surface area contributed by atoms with Gasteiger partial charge >= 0.3 is 6.09 Å². The van der Waals surface area contributed by atoms with Crippen molar-refractivity contribution in [2.45, 2.75) is 56.7 Å². The van der Waals surface area contributed by atoms with E-state index in [9.17, 15) is 23.6 Å². The number of rotatable bonds is 8. The van der Waals surface area contributed by atoms with Crippen LogP contribution in [0, 0.1) is 5.92 Å². The number of hydrazine groups is 1. The predicted molar refractivity (Wildman–Crippen MR) is 90.1 cm³/mol. The van der Waals surface area contributed by atoms with Crippen LogP contribution in [0.25, 0.3) is 0 Å². The summed E-state index contributed by atoms with van der Waals surface area (Å²) in [5, 5.41) is 0.545. The number of carbonyl (C=O) groups excluding carboxylic acids is 4. The number of primary amides is 2. The Balaban J connectivity index is 2.78. The number of amides is 4. The topological polar surface area (TPSA) is 145 Å². The van der Waals surface area contributed by atoms with Crippen LogP contribution in [-0.2, 0) is 19.1 Å². The second-order valence-electron chi connectivity index (χ2n) is 6.15. The molecule has 2 atom stereocenters. The maximum atomic E-state index is 13.1. The molecule has 2 unspecified atom stereocenters. The van der Waals surface area contributed by atoms with Crippen LogP contribution in [0.5, 0.6) is 0 Å². The molecule has 0 aliphatic heterocycles. The molecule has 0 heterocycles. The minimum absolute atomic E-state index is 0.163. The first kappa shape index (κ1) is 21.9. The number of nitrogens with one attached hydrogen (secondary N) is 1. The molecule has 1 fully saturated rings. The predicted octanol–water partition coefficient (Wildman–Crippen LogP) is 0.690. The smallest absolute Gasteiger partial charge is 0.405 e. The van der Waals surface area contributed by atoms with Gasteiger partial charge < -0.3 is 16.2 Å². The van der Waals surface area contributed by atoms with E-state index >= 15 is 0 Å². The van der Waals surface area contributed by atoms with Gasteiger partial charge in [-0.2, -0.15) is 0 Å². The van der Waals surface area contributed by atoms with Crippen LogP contribution in [0.1, 0.15) is 44.9 Å². The van der Waals surface area contributed by atoms with Crippen LogP contribution in [0.15, 0.2) is 0 Å². The summed E-state index contributed by atoms with van der Waals surface area (Å²) in [6, 6.07) is 0. The molecule has 0 bridgehead atoms. The number of hydrogen-bond acceptors (Lipinski definition) is 5. The highest BCUT2D eigenvalue weighted by molar-refractivity contribution is 6.29. The van der Waals surface area contributed by atoms with Gasteiger partial charge in [0.25, 0.3) is 17.4 Å². The average molecular weight is 395 g/mol. The summed E-state index contributed by atoms with van der Waals surface area (Å²) in [6.45, 7) is -0.375. The van der Waals surface area contributed by atoms with Gasteiger partial charge in [0.1, 0.15) is 0 Å². The van der Waals surface area contributed by atoms with Crippen LogP contribution < -0.4 is 16.9 Å². The van der Waals surface area contributed by atoms with E-state index in [0.717, 1.165) is 32.1 Å². The van der Waals surface area contributed by atoms with E-state index in [1.165, 1.54) is 0 Å². The molecule has 11 heteroatoms. The minimum atomic E-state index is -2.42. The van der Waals surface area contributed by atoms with Crippen molar-refractivity contribution in [3.8, 4) is 0 Å². The molecular weight excluding hydrogens is 371 g/mol. The fraction of sp³-hybridized carbons (Fsp3) is 0.733. The fourth-order valence-electron chi connectivity index (χ4n) is 2.84. The van der Waals surface area contributed by atoms with E-state index < -0.39 is 35.5 Å². The molecule has 1 aliphatic carbocycles. The van der Waals surface area contributed by atoms with Crippen molar-refractivity contribution in [1.29, 1.82) is 0 Å². The molecule has 0 aromatic heterocycles. The Hall–Kier alpha value is -2.10. The molecule has 0 spiro atoms. The molecule has 1 saturated carbocycles. The third kappa shape index (κ3) is 7.85. The Labute approximate surface area is 155 Å². The van der Waals surface area contributed by atoms with Gasteiger partial charge in [-0.3, -0.25) is 19.8 Å². The van der Waals surface area contributed by atoms with Gasteiger partial charge in [0, 0.05) is 6.42 Å². The van der Waals surface area contributed by atoms with Gasteiger partial charge in [0.05, 0.1) is 6.54 Å².